The molecular formula is C21H15Cl3N4O2S. The molecule has 1 N–H and O–H groups in total. The van der Waals surface area contributed by atoms with Crippen molar-refractivity contribution < 1.29 is 9.21 Å². The average molecular weight is 494 g/mol. The van der Waals surface area contributed by atoms with Crippen LogP contribution in [0, 0.1) is 0 Å². The van der Waals surface area contributed by atoms with Gasteiger partial charge < -0.3 is 9.73 Å². The zero-order chi connectivity index (χ0) is 21.8. The Labute approximate surface area is 197 Å². The van der Waals surface area contributed by atoms with E-state index in [4.69, 9.17) is 39.2 Å². The molecule has 0 radical (unpaired) electrons. The molecule has 0 saturated heterocycles. The number of rotatable bonds is 7. The van der Waals surface area contributed by atoms with Crippen molar-refractivity contribution in [3.8, 4) is 11.4 Å². The maximum absolute atomic E-state index is 12.5. The molecule has 0 saturated carbocycles. The van der Waals surface area contributed by atoms with E-state index in [1.807, 2.05) is 34.9 Å². The van der Waals surface area contributed by atoms with Gasteiger partial charge in [-0.05, 0) is 42.5 Å². The van der Waals surface area contributed by atoms with E-state index in [0.29, 0.717) is 38.3 Å². The summed E-state index contributed by atoms with van der Waals surface area (Å²) in [6, 6.07) is 15.9. The summed E-state index contributed by atoms with van der Waals surface area (Å²) in [6.45, 7) is 0.412. The van der Waals surface area contributed by atoms with Crippen LogP contribution in [-0.4, -0.2) is 26.4 Å². The van der Waals surface area contributed by atoms with Gasteiger partial charge in [0.25, 0.3) is 0 Å². The molecule has 2 aromatic carbocycles. The zero-order valence-corrected chi connectivity index (χ0v) is 19.0. The average Bonchev–Trinajstić information content (AvgIpc) is 3.39. The minimum Gasteiger partial charge on any atom is -0.467 e. The highest BCUT2D eigenvalue weighted by Crippen LogP contribution is 2.28. The van der Waals surface area contributed by atoms with Crippen molar-refractivity contribution in [2.45, 2.75) is 11.7 Å². The number of hydrogen-bond acceptors (Lipinski definition) is 5. The van der Waals surface area contributed by atoms with E-state index in [0.717, 1.165) is 11.3 Å². The summed E-state index contributed by atoms with van der Waals surface area (Å²) in [5.41, 5.74) is 1.31. The molecule has 31 heavy (non-hydrogen) atoms. The summed E-state index contributed by atoms with van der Waals surface area (Å²) in [7, 11) is 0. The molecule has 2 heterocycles. The van der Waals surface area contributed by atoms with Gasteiger partial charge in [-0.1, -0.05) is 58.7 Å². The van der Waals surface area contributed by atoms with E-state index in [-0.39, 0.29) is 11.7 Å². The molecule has 0 fully saturated rings. The Balaban J connectivity index is 1.54. The number of aromatic nitrogens is 3. The van der Waals surface area contributed by atoms with E-state index >= 15 is 0 Å². The van der Waals surface area contributed by atoms with Crippen LogP contribution in [0.3, 0.4) is 0 Å². The minimum atomic E-state index is -0.230. The minimum absolute atomic E-state index is 0.116. The SMILES string of the molecule is O=C(CSc1nnc(-c2cccc(Cl)c2)n1Cc1ccco1)Nc1ccc(Cl)cc1Cl. The van der Waals surface area contributed by atoms with Gasteiger partial charge in [-0.2, -0.15) is 0 Å². The zero-order valence-electron chi connectivity index (χ0n) is 15.9. The Hall–Kier alpha value is -2.45. The highest BCUT2D eigenvalue weighted by Gasteiger charge is 2.17. The predicted molar refractivity (Wildman–Crippen MR) is 124 cm³/mol. The largest absolute Gasteiger partial charge is 0.467 e. The number of hydrogen-bond donors (Lipinski definition) is 1. The second kappa shape index (κ2) is 9.78. The van der Waals surface area contributed by atoms with Gasteiger partial charge in [0.1, 0.15) is 5.76 Å². The first kappa shape index (κ1) is 21.8. The molecule has 4 aromatic rings. The fraction of sp³-hybridized carbons (Fsp3) is 0.0952. The van der Waals surface area contributed by atoms with Gasteiger partial charge in [0.15, 0.2) is 11.0 Å². The smallest absolute Gasteiger partial charge is 0.234 e. The number of nitrogens with zero attached hydrogens (tertiary/aromatic N) is 3. The number of benzene rings is 2. The number of halogens is 3. The molecule has 0 bridgehead atoms. The molecule has 6 nitrogen and oxygen atoms in total. The number of carbonyl (C=O) groups is 1. The summed E-state index contributed by atoms with van der Waals surface area (Å²) in [5.74, 6) is 1.25. The molecule has 0 unspecified atom stereocenters. The molecule has 4 rings (SSSR count). The second-order valence-electron chi connectivity index (χ2n) is 6.44. The van der Waals surface area contributed by atoms with E-state index in [2.05, 4.69) is 15.5 Å². The van der Waals surface area contributed by atoms with Crippen LogP contribution in [0.25, 0.3) is 11.4 Å². The number of nitrogens with one attached hydrogen (secondary N) is 1. The van der Waals surface area contributed by atoms with Crippen LogP contribution in [0.15, 0.2) is 70.4 Å². The van der Waals surface area contributed by atoms with Crippen LogP contribution in [0.2, 0.25) is 15.1 Å². The molecule has 158 valence electrons. The lowest BCUT2D eigenvalue weighted by Gasteiger charge is -2.10. The standard InChI is InChI=1S/C21H15Cl3N4O2S/c22-14-4-1-3-13(9-14)20-26-27-21(28(20)11-16-5-2-8-30-16)31-12-19(29)25-18-7-6-15(23)10-17(18)24/h1-10H,11-12H2,(H,25,29). The van der Waals surface area contributed by atoms with Gasteiger partial charge in [-0.25, -0.2) is 0 Å². The van der Waals surface area contributed by atoms with Crippen LogP contribution in [-0.2, 0) is 11.3 Å². The maximum Gasteiger partial charge on any atom is 0.234 e. The van der Waals surface area contributed by atoms with Gasteiger partial charge in [-0.3, -0.25) is 9.36 Å². The van der Waals surface area contributed by atoms with Crippen molar-refractivity contribution >= 4 is 58.2 Å². The van der Waals surface area contributed by atoms with Crippen LogP contribution in [0.1, 0.15) is 5.76 Å². The summed E-state index contributed by atoms with van der Waals surface area (Å²) < 4.78 is 7.37. The fourth-order valence-electron chi connectivity index (χ4n) is 2.84. The van der Waals surface area contributed by atoms with Crippen molar-refractivity contribution in [3.05, 3.63) is 81.7 Å². The first-order valence-corrected chi connectivity index (χ1v) is 11.2. The molecule has 0 spiro atoms. The highest BCUT2D eigenvalue weighted by atomic mass is 35.5. The number of carbonyl (C=O) groups excluding carboxylic acids is 1. The van der Waals surface area contributed by atoms with Crippen molar-refractivity contribution in [3.63, 3.8) is 0 Å². The third-order valence-electron chi connectivity index (χ3n) is 4.23. The Morgan fingerprint density at radius 2 is 1.87 bits per heavy atom. The van der Waals surface area contributed by atoms with Crippen LogP contribution < -0.4 is 5.32 Å². The topological polar surface area (TPSA) is 73.0 Å². The summed E-state index contributed by atoms with van der Waals surface area (Å²) in [6.07, 6.45) is 1.61. The van der Waals surface area contributed by atoms with Crippen molar-refractivity contribution in [1.29, 1.82) is 0 Å². The summed E-state index contributed by atoms with van der Waals surface area (Å²) in [5, 5.41) is 13.4. The first-order chi connectivity index (χ1) is 15.0. The third-order valence-corrected chi connectivity index (χ3v) is 5.98. The monoisotopic (exact) mass is 492 g/mol. The maximum atomic E-state index is 12.5. The Morgan fingerprint density at radius 3 is 2.61 bits per heavy atom. The Morgan fingerprint density at radius 1 is 1.03 bits per heavy atom. The second-order valence-corrected chi connectivity index (χ2v) is 8.67. The van der Waals surface area contributed by atoms with E-state index in [1.165, 1.54) is 11.8 Å². The molecule has 1 amide bonds. The van der Waals surface area contributed by atoms with Crippen LogP contribution in [0.5, 0.6) is 0 Å². The van der Waals surface area contributed by atoms with E-state index < -0.39 is 0 Å². The molecule has 2 aromatic heterocycles. The highest BCUT2D eigenvalue weighted by molar-refractivity contribution is 7.99. The van der Waals surface area contributed by atoms with Crippen LogP contribution in [0.4, 0.5) is 5.69 Å². The predicted octanol–water partition coefficient (Wildman–Crippen LogP) is 6.28. The summed E-state index contributed by atoms with van der Waals surface area (Å²) >= 11 is 19.4. The van der Waals surface area contributed by atoms with Crippen molar-refractivity contribution in [2.24, 2.45) is 0 Å². The summed E-state index contributed by atoms with van der Waals surface area (Å²) in [4.78, 5) is 12.5. The number of thioether (sulfide) groups is 1. The van der Waals surface area contributed by atoms with E-state index in [1.54, 1.807) is 30.5 Å². The Kier molecular flexibility index (Phi) is 6.87. The molecule has 0 aliphatic carbocycles. The number of furan rings is 1. The third kappa shape index (κ3) is 5.43. The lowest BCUT2D eigenvalue weighted by molar-refractivity contribution is -0.113. The molecule has 10 heteroatoms. The lowest BCUT2D eigenvalue weighted by atomic mass is 10.2. The number of amides is 1. The number of anilines is 1. The molecule has 0 aliphatic rings. The van der Waals surface area contributed by atoms with Gasteiger partial charge in [0.05, 0.1) is 29.3 Å². The lowest BCUT2D eigenvalue weighted by Crippen LogP contribution is -2.15. The van der Waals surface area contributed by atoms with Gasteiger partial charge in [0.2, 0.25) is 5.91 Å². The first-order valence-electron chi connectivity index (χ1n) is 9.09. The molecule has 0 atom stereocenters. The van der Waals surface area contributed by atoms with Gasteiger partial charge in [-0.15, -0.1) is 10.2 Å². The fourth-order valence-corrected chi connectivity index (χ4v) is 4.23. The molecular weight excluding hydrogens is 479 g/mol. The van der Waals surface area contributed by atoms with Crippen LogP contribution >= 0.6 is 46.6 Å². The normalized spacial score (nSPS) is 10.9. The van der Waals surface area contributed by atoms with Gasteiger partial charge >= 0.3 is 0 Å². The quantitative estimate of drug-likeness (QED) is 0.307. The molecule has 0 aliphatic heterocycles. The van der Waals surface area contributed by atoms with E-state index in [9.17, 15) is 4.79 Å². The van der Waals surface area contributed by atoms with Crippen molar-refractivity contribution in [1.82, 2.24) is 14.8 Å². The Bertz CT molecular complexity index is 1210. The van der Waals surface area contributed by atoms with Gasteiger partial charge in [0, 0.05) is 15.6 Å². The van der Waals surface area contributed by atoms with Crippen molar-refractivity contribution in [2.75, 3.05) is 11.1 Å².